The standard InChI is InChI=1S/C21H19N3O2/c1-13-6-4-5-7-15(13)16-11-18(24-21(23)17(16)12-22)14-8-9-19(25-2)20(10-14)26-3/h4-11H,1-3H3,(H2,23,24). The maximum atomic E-state index is 9.56. The molecule has 0 aliphatic carbocycles. The molecule has 1 heterocycles. The van der Waals surface area contributed by atoms with Gasteiger partial charge in [-0.05, 0) is 42.3 Å². The molecular weight excluding hydrogens is 326 g/mol. The van der Waals surface area contributed by atoms with E-state index < -0.39 is 0 Å². The number of nitriles is 1. The first-order valence-electron chi connectivity index (χ1n) is 8.08. The summed E-state index contributed by atoms with van der Waals surface area (Å²) in [5.74, 6) is 1.45. The fourth-order valence-corrected chi connectivity index (χ4v) is 2.91. The van der Waals surface area contributed by atoms with Crippen molar-refractivity contribution < 1.29 is 9.47 Å². The Morgan fingerprint density at radius 2 is 1.69 bits per heavy atom. The van der Waals surface area contributed by atoms with E-state index in [1.165, 1.54) is 0 Å². The summed E-state index contributed by atoms with van der Waals surface area (Å²) in [6.07, 6.45) is 0. The first-order chi connectivity index (χ1) is 12.6. The third-order valence-corrected chi connectivity index (χ3v) is 4.27. The van der Waals surface area contributed by atoms with Crippen molar-refractivity contribution in [3.63, 3.8) is 0 Å². The molecular formula is C21H19N3O2. The topological polar surface area (TPSA) is 81.2 Å². The largest absolute Gasteiger partial charge is 0.493 e. The number of nitrogen functional groups attached to an aromatic ring is 1. The highest BCUT2D eigenvalue weighted by molar-refractivity contribution is 5.81. The van der Waals surface area contributed by atoms with Gasteiger partial charge in [0.05, 0.1) is 19.9 Å². The summed E-state index contributed by atoms with van der Waals surface area (Å²) >= 11 is 0. The Balaban J connectivity index is 2.22. The van der Waals surface area contributed by atoms with E-state index >= 15 is 0 Å². The van der Waals surface area contributed by atoms with Gasteiger partial charge in [0.2, 0.25) is 0 Å². The van der Waals surface area contributed by atoms with Crippen LogP contribution in [0.5, 0.6) is 11.5 Å². The molecule has 26 heavy (non-hydrogen) atoms. The minimum atomic E-state index is 0.207. The third kappa shape index (κ3) is 3.05. The number of benzene rings is 2. The van der Waals surface area contributed by atoms with Gasteiger partial charge in [0.15, 0.2) is 11.5 Å². The van der Waals surface area contributed by atoms with E-state index in [4.69, 9.17) is 15.2 Å². The highest BCUT2D eigenvalue weighted by atomic mass is 16.5. The van der Waals surface area contributed by atoms with Crippen LogP contribution < -0.4 is 15.2 Å². The van der Waals surface area contributed by atoms with E-state index in [1.54, 1.807) is 14.2 Å². The number of nitrogens with zero attached hydrogens (tertiary/aromatic N) is 2. The van der Waals surface area contributed by atoms with Gasteiger partial charge >= 0.3 is 0 Å². The maximum absolute atomic E-state index is 9.56. The van der Waals surface area contributed by atoms with Gasteiger partial charge in [-0.1, -0.05) is 24.3 Å². The van der Waals surface area contributed by atoms with Crippen molar-refractivity contribution in [3.8, 4) is 40.0 Å². The van der Waals surface area contributed by atoms with Gasteiger partial charge in [-0.3, -0.25) is 0 Å². The molecule has 0 atom stereocenters. The van der Waals surface area contributed by atoms with Crippen LogP contribution in [-0.4, -0.2) is 19.2 Å². The molecule has 0 unspecified atom stereocenters. The zero-order valence-corrected chi connectivity index (χ0v) is 14.9. The number of aromatic nitrogens is 1. The Morgan fingerprint density at radius 3 is 2.35 bits per heavy atom. The fraction of sp³-hybridized carbons (Fsp3) is 0.143. The Hall–Kier alpha value is -3.52. The molecule has 0 spiro atoms. The van der Waals surface area contributed by atoms with Crippen LogP contribution in [0.15, 0.2) is 48.5 Å². The lowest BCUT2D eigenvalue weighted by Crippen LogP contribution is -2.00. The second kappa shape index (κ2) is 7.16. The van der Waals surface area contributed by atoms with Crippen molar-refractivity contribution in [1.29, 1.82) is 5.26 Å². The summed E-state index contributed by atoms with van der Waals surface area (Å²) in [7, 11) is 3.17. The Kier molecular flexibility index (Phi) is 4.76. The molecule has 3 rings (SSSR count). The highest BCUT2D eigenvalue weighted by Gasteiger charge is 2.15. The fourth-order valence-electron chi connectivity index (χ4n) is 2.91. The third-order valence-electron chi connectivity index (χ3n) is 4.27. The van der Waals surface area contributed by atoms with E-state index in [9.17, 15) is 5.26 Å². The molecule has 2 aromatic carbocycles. The van der Waals surface area contributed by atoms with Crippen molar-refractivity contribution in [3.05, 3.63) is 59.7 Å². The number of rotatable bonds is 4. The molecule has 0 aliphatic rings. The minimum absolute atomic E-state index is 0.207. The van der Waals surface area contributed by atoms with Crippen molar-refractivity contribution in [2.24, 2.45) is 0 Å². The molecule has 130 valence electrons. The number of ether oxygens (including phenoxy) is 2. The predicted octanol–water partition coefficient (Wildman–Crippen LogP) is 4.20. The lowest BCUT2D eigenvalue weighted by atomic mass is 9.95. The molecule has 3 aromatic rings. The van der Waals surface area contributed by atoms with Gasteiger partial charge in [-0.15, -0.1) is 0 Å². The van der Waals surface area contributed by atoms with Gasteiger partial charge in [-0.25, -0.2) is 4.98 Å². The first-order valence-corrected chi connectivity index (χ1v) is 8.08. The zero-order valence-electron chi connectivity index (χ0n) is 14.9. The zero-order chi connectivity index (χ0) is 18.7. The molecule has 5 heteroatoms. The maximum Gasteiger partial charge on any atom is 0.161 e. The number of anilines is 1. The average molecular weight is 345 g/mol. The van der Waals surface area contributed by atoms with Crippen LogP contribution in [0.4, 0.5) is 5.82 Å². The van der Waals surface area contributed by atoms with Crippen molar-refractivity contribution in [1.82, 2.24) is 4.98 Å². The van der Waals surface area contributed by atoms with Crippen molar-refractivity contribution >= 4 is 5.82 Å². The monoisotopic (exact) mass is 345 g/mol. The van der Waals surface area contributed by atoms with E-state index in [1.807, 2.05) is 55.5 Å². The number of methoxy groups -OCH3 is 2. The van der Waals surface area contributed by atoms with Crippen LogP contribution in [0.2, 0.25) is 0 Å². The molecule has 0 saturated carbocycles. The first kappa shape index (κ1) is 17.3. The predicted molar refractivity (Wildman–Crippen MR) is 102 cm³/mol. The summed E-state index contributed by atoms with van der Waals surface area (Å²) in [5.41, 5.74) is 10.8. The molecule has 0 fully saturated rings. The summed E-state index contributed by atoms with van der Waals surface area (Å²) in [6, 6.07) is 17.5. The summed E-state index contributed by atoms with van der Waals surface area (Å²) in [6.45, 7) is 2.00. The summed E-state index contributed by atoms with van der Waals surface area (Å²) in [5, 5.41) is 9.56. The van der Waals surface area contributed by atoms with Gasteiger partial charge in [0.1, 0.15) is 17.5 Å². The average Bonchev–Trinajstić information content (AvgIpc) is 2.67. The molecule has 5 nitrogen and oxygen atoms in total. The van der Waals surface area contributed by atoms with Gasteiger partial charge in [0, 0.05) is 11.1 Å². The minimum Gasteiger partial charge on any atom is -0.493 e. The van der Waals surface area contributed by atoms with E-state index in [2.05, 4.69) is 11.1 Å². The smallest absolute Gasteiger partial charge is 0.161 e. The van der Waals surface area contributed by atoms with E-state index in [-0.39, 0.29) is 5.82 Å². The number of pyridine rings is 1. The SMILES string of the molecule is COc1ccc(-c2cc(-c3ccccc3C)c(C#N)c(N)n2)cc1OC. The van der Waals surface area contributed by atoms with Gasteiger partial charge in [0.25, 0.3) is 0 Å². The van der Waals surface area contributed by atoms with Crippen LogP contribution in [0.3, 0.4) is 0 Å². The van der Waals surface area contributed by atoms with Crippen molar-refractivity contribution in [2.75, 3.05) is 20.0 Å². The Bertz CT molecular complexity index is 1010. The molecule has 0 aliphatic heterocycles. The summed E-state index contributed by atoms with van der Waals surface area (Å²) < 4.78 is 10.7. The van der Waals surface area contributed by atoms with Gasteiger partial charge < -0.3 is 15.2 Å². The number of aryl methyl sites for hydroxylation is 1. The van der Waals surface area contributed by atoms with Crippen LogP contribution >= 0.6 is 0 Å². The van der Waals surface area contributed by atoms with Gasteiger partial charge in [-0.2, -0.15) is 5.26 Å². The van der Waals surface area contributed by atoms with Crippen LogP contribution in [0.1, 0.15) is 11.1 Å². The van der Waals surface area contributed by atoms with Crippen LogP contribution in [0, 0.1) is 18.3 Å². The highest BCUT2D eigenvalue weighted by Crippen LogP contribution is 2.36. The summed E-state index contributed by atoms with van der Waals surface area (Å²) in [4.78, 5) is 4.42. The lowest BCUT2D eigenvalue weighted by molar-refractivity contribution is 0.355. The number of hydrogen-bond acceptors (Lipinski definition) is 5. The number of nitrogens with two attached hydrogens (primary N) is 1. The Morgan fingerprint density at radius 1 is 0.962 bits per heavy atom. The van der Waals surface area contributed by atoms with Crippen LogP contribution in [0.25, 0.3) is 22.4 Å². The molecule has 0 amide bonds. The molecule has 0 bridgehead atoms. The number of hydrogen-bond donors (Lipinski definition) is 1. The molecule has 1 aromatic heterocycles. The molecule has 0 saturated heterocycles. The molecule has 0 radical (unpaired) electrons. The Labute approximate surface area is 152 Å². The second-order valence-corrected chi connectivity index (χ2v) is 5.81. The molecule has 2 N–H and O–H groups in total. The van der Waals surface area contributed by atoms with E-state index in [0.717, 1.165) is 22.3 Å². The normalized spacial score (nSPS) is 10.2. The van der Waals surface area contributed by atoms with E-state index in [0.29, 0.717) is 22.8 Å². The van der Waals surface area contributed by atoms with Crippen molar-refractivity contribution in [2.45, 2.75) is 6.92 Å². The second-order valence-electron chi connectivity index (χ2n) is 5.81. The quantitative estimate of drug-likeness (QED) is 0.766. The van der Waals surface area contributed by atoms with Crippen LogP contribution in [-0.2, 0) is 0 Å². The lowest BCUT2D eigenvalue weighted by Gasteiger charge is -2.13.